The summed E-state index contributed by atoms with van der Waals surface area (Å²) in [6, 6.07) is 1.37. The minimum Gasteiger partial charge on any atom is -0.480 e. The molecule has 39 heavy (non-hydrogen) atoms. The average Bonchev–Trinajstić information content (AvgIpc) is 3.07. The summed E-state index contributed by atoms with van der Waals surface area (Å²) in [5.41, 5.74) is 4.32. The quantitative estimate of drug-likeness (QED) is 0.444. The molecule has 0 radical (unpaired) electrons. The van der Waals surface area contributed by atoms with Crippen LogP contribution in [-0.4, -0.2) is 58.4 Å². The molecule has 1 aromatic rings. The van der Waals surface area contributed by atoms with Gasteiger partial charge in [0, 0.05) is 17.5 Å². The Kier molecular flexibility index (Phi) is 7.77. The number of nitrogen functional groups attached to an aromatic ring is 1. The van der Waals surface area contributed by atoms with Gasteiger partial charge in [-0.05, 0) is 67.3 Å². The van der Waals surface area contributed by atoms with Crippen molar-refractivity contribution < 1.29 is 34.1 Å². The number of methoxy groups -OCH3 is 1. The highest BCUT2D eigenvalue weighted by molar-refractivity contribution is 6.03. The van der Waals surface area contributed by atoms with Crippen molar-refractivity contribution in [2.24, 2.45) is 34.0 Å². The zero-order chi connectivity index (χ0) is 28.9. The highest BCUT2D eigenvalue weighted by Crippen LogP contribution is 2.63. The van der Waals surface area contributed by atoms with Crippen molar-refractivity contribution in [3.8, 4) is 5.88 Å². The molecule has 0 spiro atoms. The first-order valence-corrected chi connectivity index (χ1v) is 13.9. The van der Waals surface area contributed by atoms with Gasteiger partial charge >= 0.3 is 6.09 Å². The fraction of sp³-hybridized carbons (Fsp3) is 0.724. The fourth-order valence-electron chi connectivity index (χ4n) is 7.65. The third-order valence-electron chi connectivity index (χ3n) is 10.8. The van der Waals surface area contributed by atoms with Crippen LogP contribution in [0.25, 0.3) is 0 Å². The summed E-state index contributed by atoms with van der Waals surface area (Å²) in [5.74, 6) is -1.32. The van der Waals surface area contributed by atoms with E-state index >= 15 is 0 Å². The largest absolute Gasteiger partial charge is 0.480 e. The van der Waals surface area contributed by atoms with Gasteiger partial charge in [0.1, 0.15) is 12.2 Å². The minimum atomic E-state index is -1.06. The Balaban J connectivity index is 1.69. The normalized spacial score (nSPS) is 40.1. The number of carbonyl (C=O) groups excluding carboxylic acids is 3. The smallest absolute Gasteiger partial charge is 0.414 e. The van der Waals surface area contributed by atoms with Gasteiger partial charge in [-0.2, -0.15) is 0 Å². The Hall–Kier alpha value is -2.72. The number of alkyl carbamates (subject to hydrolysis) is 1. The van der Waals surface area contributed by atoms with Gasteiger partial charge in [0.2, 0.25) is 5.88 Å². The zero-order valence-electron chi connectivity index (χ0n) is 23.8. The number of fused-ring (bicyclic) bond motifs is 1. The molecule has 3 aliphatic carbocycles. The molecule has 2 amide bonds. The van der Waals surface area contributed by atoms with Crippen LogP contribution in [0.3, 0.4) is 0 Å². The summed E-state index contributed by atoms with van der Waals surface area (Å²) in [7, 11) is 1.41. The van der Waals surface area contributed by atoms with Crippen molar-refractivity contribution >= 4 is 23.5 Å². The first-order chi connectivity index (χ1) is 18.2. The lowest BCUT2D eigenvalue weighted by Gasteiger charge is -2.48. The Morgan fingerprint density at radius 1 is 1.21 bits per heavy atom. The topological polar surface area (TPSA) is 161 Å². The number of hydrogen-bond acceptors (Lipinski definition) is 9. The molecule has 0 saturated heterocycles. The molecule has 10 nitrogen and oxygen atoms in total. The summed E-state index contributed by atoms with van der Waals surface area (Å²) >= 11 is 0. The molecule has 216 valence electrons. The van der Waals surface area contributed by atoms with Crippen molar-refractivity contribution in [3.05, 3.63) is 17.8 Å². The molecule has 3 aliphatic rings. The second kappa shape index (κ2) is 10.4. The van der Waals surface area contributed by atoms with Crippen LogP contribution in [0.1, 0.15) is 83.5 Å². The van der Waals surface area contributed by atoms with Gasteiger partial charge in [-0.15, -0.1) is 0 Å². The summed E-state index contributed by atoms with van der Waals surface area (Å²) in [6.07, 6.45) is 1.07. The van der Waals surface area contributed by atoms with E-state index in [2.05, 4.69) is 17.2 Å². The molecule has 2 unspecified atom stereocenters. The number of nitrogens with one attached hydrogen (secondary N) is 1. The number of ketones is 1. The van der Waals surface area contributed by atoms with Gasteiger partial charge in [-0.25, -0.2) is 9.78 Å². The molecule has 4 rings (SSSR count). The molecule has 1 heterocycles. The number of amides is 2. The van der Waals surface area contributed by atoms with Crippen LogP contribution in [0.4, 0.5) is 10.5 Å². The molecule has 10 heteroatoms. The number of Topliss-reactive ketones (excluding diaryl/α,β-unsaturated/α-hetero) is 1. The number of aromatic nitrogens is 1. The number of ether oxygens (including phenoxy) is 2. The predicted octanol–water partition coefficient (Wildman–Crippen LogP) is 3.49. The van der Waals surface area contributed by atoms with Crippen molar-refractivity contribution in [2.75, 3.05) is 12.8 Å². The number of aliphatic hydroxyl groups is 2. The summed E-state index contributed by atoms with van der Waals surface area (Å²) < 4.78 is 11.1. The number of nitrogens with two attached hydrogens (primary N) is 1. The van der Waals surface area contributed by atoms with E-state index in [0.717, 1.165) is 6.42 Å². The maximum absolute atomic E-state index is 13.4. The Morgan fingerprint density at radius 3 is 2.51 bits per heavy atom. The number of aliphatic hydroxyl groups excluding tert-OH is 2. The summed E-state index contributed by atoms with van der Waals surface area (Å²) in [4.78, 5) is 43.4. The molecule has 3 fully saturated rings. The first-order valence-electron chi connectivity index (χ1n) is 13.9. The van der Waals surface area contributed by atoms with E-state index in [4.69, 9.17) is 15.2 Å². The van der Waals surface area contributed by atoms with Crippen molar-refractivity contribution in [1.82, 2.24) is 10.3 Å². The molecule has 0 aromatic carbocycles. The van der Waals surface area contributed by atoms with Gasteiger partial charge in [-0.1, -0.05) is 34.6 Å². The van der Waals surface area contributed by atoms with Crippen LogP contribution in [0.15, 0.2) is 12.3 Å². The molecule has 2 bridgehead atoms. The van der Waals surface area contributed by atoms with Gasteiger partial charge in [0.05, 0.1) is 24.5 Å². The number of hydrogen-bond donors (Lipinski definition) is 4. The van der Waals surface area contributed by atoms with E-state index in [1.807, 2.05) is 27.7 Å². The van der Waals surface area contributed by atoms with E-state index in [1.54, 1.807) is 0 Å². The van der Waals surface area contributed by atoms with Gasteiger partial charge in [0.25, 0.3) is 5.91 Å². The van der Waals surface area contributed by atoms with Crippen LogP contribution in [0, 0.1) is 34.0 Å². The molecule has 5 N–H and O–H groups in total. The van der Waals surface area contributed by atoms with Crippen LogP contribution in [0.5, 0.6) is 5.88 Å². The van der Waals surface area contributed by atoms with Gasteiger partial charge in [0.15, 0.2) is 5.78 Å². The predicted molar refractivity (Wildman–Crippen MR) is 144 cm³/mol. The fourth-order valence-corrected chi connectivity index (χ4v) is 7.65. The van der Waals surface area contributed by atoms with E-state index < -0.39 is 52.5 Å². The molecule has 1 aromatic heterocycles. The highest BCUT2D eigenvalue weighted by Gasteiger charge is 2.64. The summed E-state index contributed by atoms with van der Waals surface area (Å²) in [5, 5.41) is 24.8. The maximum atomic E-state index is 13.4. The van der Waals surface area contributed by atoms with E-state index in [-0.39, 0.29) is 34.7 Å². The van der Waals surface area contributed by atoms with Crippen molar-refractivity contribution in [3.63, 3.8) is 0 Å². The Bertz CT molecular complexity index is 1140. The highest BCUT2D eigenvalue weighted by atomic mass is 16.6. The third kappa shape index (κ3) is 4.79. The van der Waals surface area contributed by atoms with Gasteiger partial charge < -0.3 is 25.4 Å². The molecular weight excluding hydrogens is 502 g/mol. The number of rotatable bonds is 4. The summed E-state index contributed by atoms with van der Waals surface area (Å²) in [6.45, 7) is 10.2. The van der Waals surface area contributed by atoms with Gasteiger partial charge in [-0.3, -0.25) is 14.9 Å². The monoisotopic (exact) mass is 545 g/mol. The maximum Gasteiger partial charge on any atom is 0.414 e. The van der Waals surface area contributed by atoms with E-state index in [9.17, 15) is 24.6 Å². The van der Waals surface area contributed by atoms with Crippen molar-refractivity contribution in [2.45, 2.75) is 91.5 Å². The molecule has 3 saturated carbocycles. The van der Waals surface area contributed by atoms with Crippen LogP contribution in [-0.2, 0) is 9.53 Å². The SMILES string of the molecule is CC[C@]1(C)C[C@@H](OC(=O)NC(=O)c2cnc(OC)c(N)c2)[C@@]2(C)CC3C(=O)[C@@H](O)C[C@@]3(CCC2C)[C@@H](C)[C@@H]1O. The van der Waals surface area contributed by atoms with E-state index in [1.165, 1.54) is 19.4 Å². The Labute approximate surface area is 230 Å². The number of nitrogens with zero attached hydrogens (tertiary/aromatic N) is 1. The second-order valence-corrected chi connectivity index (χ2v) is 12.7. The zero-order valence-corrected chi connectivity index (χ0v) is 23.8. The molecule has 9 atom stereocenters. The van der Waals surface area contributed by atoms with Crippen LogP contribution >= 0.6 is 0 Å². The first kappa shape index (κ1) is 29.3. The second-order valence-electron chi connectivity index (χ2n) is 12.7. The number of pyridine rings is 1. The van der Waals surface area contributed by atoms with E-state index in [0.29, 0.717) is 32.1 Å². The Morgan fingerprint density at radius 2 is 1.90 bits per heavy atom. The average molecular weight is 546 g/mol. The third-order valence-corrected chi connectivity index (χ3v) is 10.8. The lowest BCUT2D eigenvalue weighted by molar-refractivity contribution is -0.131. The number of anilines is 1. The number of imide groups is 1. The molecule has 0 aliphatic heterocycles. The lowest BCUT2D eigenvalue weighted by Crippen LogP contribution is -2.50. The lowest BCUT2D eigenvalue weighted by atomic mass is 9.59. The minimum absolute atomic E-state index is 0.0757. The van der Waals surface area contributed by atoms with Crippen LogP contribution in [0.2, 0.25) is 0 Å². The van der Waals surface area contributed by atoms with Crippen LogP contribution < -0.4 is 15.8 Å². The number of carbonyl (C=O) groups is 3. The molecular formula is C29H43N3O7. The standard InChI is InChI=1S/C29H43N3O7/c1-7-27(4)13-21(39-26(37)32-24(36)17-10-19(30)25(38-6)31-14-17)28(5)11-18-22(34)20(33)12-29(18,9-8-15(28)2)16(3)23(27)35/h10,14-16,18,20-21,23,33,35H,7-9,11-13,30H2,1-6H3,(H,32,36,37)/t15?,16-,18?,20-,21+,23-,27+,28-,29-/m0/s1. The van der Waals surface area contributed by atoms with Crippen molar-refractivity contribution in [1.29, 1.82) is 0 Å².